The van der Waals surface area contributed by atoms with E-state index in [0.717, 1.165) is 22.7 Å². The van der Waals surface area contributed by atoms with Crippen LogP contribution in [0.3, 0.4) is 0 Å². The Hall–Kier alpha value is -1.000. The van der Waals surface area contributed by atoms with Crippen molar-refractivity contribution in [2.24, 2.45) is 0 Å². The van der Waals surface area contributed by atoms with Gasteiger partial charge >= 0.3 is 5.97 Å². The first-order chi connectivity index (χ1) is 8.13. The van der Waals surface area contributed by atoms with Crippen molar-refractivity contribution in [1.29, 1.82) is 0 Å². The third-order valence-electron chi connectivity index (χ3n) is 2.60. The molecule has 0 bridgehead atoms. The summed E-state index contributed by atoms with van der Waals surface area (Å²) in [7, 11) is 0. The number of hydrogen-bond acceptors (Lipinski definition) is 1. The van der Waals surface area contributed by atoms with Crippen molar-refractivity contribution < 1.29 is 9.90 Å². The molecule has 1 aromatic heterocycles. The number of alkyl halides is 1. The van der Waals surface area contributed by atoms with Gasteiger partial charge in [-0.3, -0.25) is 0 Å². The van der Waals surface area contributed by atoms with E-state index in [9.17, 15) is 4.79 Å². The van der Waals surface area contributed by atoms with Crippen molar-refractivity contribution in [2.45, 2.75) is 13.0 Å². The topological polar surface area (TPSA) is 42.2 Å². The molecule has 1 heterocycles. The maximum absolute atomic E-state index is 11.2. The van der Waals surface area contributed by atoms with Gasteiger partial charge in [0, 0.05) is 22.3 Å². The summed E-state index contributed by atoms with van der Waals surface area (Å²) < 4.78 is 1.80. The van der Waals surface area contributed by atoms with E-state index in [2.05, 4.69) is 15.9 Å². The normalized spacial score (nSPS) is 10.9. The SMILES string of the molecule is O=C(O)c1cc2ccc(Cl)cc2n1CCCBr. The molecule has 0 saturated carbocycles. The van der Waals surface area contributed by atoms with Gasteiger partial charge in [0.25, 0.3) is 0 Å². The molecule has 0 radical (unpaired) electrons. The lowest BCUT2D eigenvalue weighted by atomic mass is 10.2. The van der Waals surface area contributed by atoms with E-state index in [1.54, 1.807) is 22.8 Å². The van der Waals surface area contributed by atoms with E-state index in [1.165, 1.54) is 0 Å². The van der Waals surface area contributed by atoms with Gasteiger partial charge in [0.05, 0.1) is 5.52 Å². The van der Waals surface area contributed by atoms with Gasteiger partial charge in [-0.05, 0) is 24.6 Å². The van der Waals surface area contributed by atoms with E-state index in [-0.39, 0.29) is 0 Å². The Labute approximate surface area is 112 Å². The summed E-state index contributed by atoms with van der Waals surface area (Å²) in [6.07, 6.45) is 0.872. The van der Waals surface area contributed by atoms with Crippen LogP contribution in [0.15, 0.2) is 24.3 Å². The number of carboxylic acids is 1. The fourth-order valence-corrected chi connectivity index (χ4v) is 2.28. The molecule has 0 fully saturated rings. The number of aromatic nitrogens is 1. The zero-order valence-electron chi connectivity index (χ0n) is 8.99. The van der Waals surface area contributed by atoms with Gasteiger partial charge in [0.2, 0.25) is 0 Å². The Morgan fingerprint density at radius 2 is 2.18 bits per heavy atom. The van der Waals surface area contributed by atoms with Crippen LogP contribution in [0, 0.1) is 0 Å². The van der Waals surface area contributed by atoms with Crippen LogP contribution >= 0.6 is 27.5 Å². The number of carboxylic acid groups (broad SMARTS) is 1. The highest BCUT2D eigenvalue weighted by Crippen LogP contribution is 2.24. The van der Waals surface area contributed by atoms with Crippen LogP contribution in [0.25, 0.3) is 10.9 Å². The van der Waals surface area contributed by atoms with Crippen molar-refractivity contribution in [1.82, 2.24) is 4.57 Å². The zero-order valence-corrected chi connectivity index (χ0v) is 11.3. The van der Waals surface area contributed by atoms with Gasteiger partial charge in [0.15, 0.2) is 0 Å². The number of nitrogens with zero attached hydrogens (tertiary/aromatic N) is 1. The highest BCUT2D eigenvalue weighted by molar-refractivity contribution is 9.09. The fraction of sp³-hybridized carbons (Fsp3) is 0.250. The molecule has 1 N–H and O–H groups in total. The standard InChI is InChI=1S/C12H11BrClNO2/c13-4-1-5-15-10-7-9(14)3-2-8(10)6-11(15)12(16)17/h2-3,6-7H,1,4-5H2,(H,16,17). The molecule has 5 heteroatoms. The summed E-state index contributed by atoms with van der Waals surface area (Å²) in [4.78, 5) is 11.2. The summed E-state index contributed by atoms with van der Waals surface area (Å²) in [5.41, 5.74) is 1.18. The minimum absolute atomic E-state index is 0.309. The fourth-order valence-electron chi connectivity index (χ4n) is 1.86. The molecule has 1 aromatic carbocycles. The second-order valence-electron chi connectivity index (χ2n) is 3.73. The van der Waals surface area contributed by atoms with E-state index < -0.39 is 5.97 Å². The Morgan fingerprint density at radius 3 is 2.82 bits per heavy atom. The van der Waals surface area contributed by atoms with E-state index >= 15 is 0 Å². The third kappa shape index (κ3) is 2.48. The lowest BCUT2D eigenvalue weighted by molar-refractivity contribution is 0.0685. The monoisotopic (exact) mass is 315 g/mol. The highest BCUT2D eigenvalue weighted by atomic mass is 79.9. The number of fused-ring (bicyclic) bond motifs is 1. The highest BCUT2D eigenvalue weighted by Gasteiger charge is 2.14. The third-order valence-corrected chi connectivity index (χ3v) is 3.40. The van der Waals surface area contributed by atoms with Crippen LogP contribution in [0.2, 0.25) is 5.02 Å². The number of rotatable bonds is 4. The van der Waals surface area contributed by atoms with E-state index in [1.807, 2.05) is 6.07 Å². The number of benzene rings is 1. The number of halogens is 2. The van der Waals surface area contributed by atoms with Gasteiger partial charge in [-0.25, -0.2) is 4.79 Å². The molecule has 2 rings (SSSR count). The maximum Gasteiger partial charge on any atom is 0.352 e. The van der Waals surface area contributed by atoms with Crippen LogP contribution in [-0.4, -0.2) is 21.0 Å². The molecule has 2 aromatic rings. The molecule has 0 atom stereocenters. The first-order valence-corrected chi connectivity index (χ1v) is 6.71. The second-order valence-corrected chi connectivity index (χ2v) is 4.96. The van der Waals surface area contributed by atoms with Gasteiger partial charge in [-0.15, -0.1) is 0 Å². The first kappa shape index (κ1) is 12.5. The molecular formula is C12H11BrClNO2. The smallest absolute Gasteiger partial charge is 0.352 e. The van der Waals surface area contributed by atoms with Crippen molar-refractivity contribution >= 4 is 44.4 Å². The molecule has 0 aliphatic heterocycles. The van der Waals surface area contributed by atoms with Crippen LogP contribution in [0.4, 0.5) is 0 Å². The summed E-state index contributed by atoms with van der Waals surface area (Å²) >= 11 is 9.29. The summed E-state index contributed by atoms with van der Waals surface area (Å²) in [6.45, 7) is 0.663. The van der Waals surface area contributed by atoms with Crippen molar-refractivity contribution in [3.63, 3.8) is 0 Å². The maximum atomic E-state index is 11.2. The lowest BCUT2D eigenvalue weighted by Gasteiger charge is -2.07. The van der Waals surface area contributed by atoms with Gasteiger partial charge in [-0.1, -0.05) is 33.6 Å². The van der Waals surface area contributed by atoms with Gasteiger partial charge < -0.3 is 9.67 Å². The molecule has 90 valence electrons. The average molecular weight is 317 g/mol. The average Bonchev–Trinajstić information content (AvgIpc) is 2.64. The Morgan fingerprint density at radius 1 is 1.41 bits per heavy atom. The first-order valence-electron chi connectivity index (χ1n) is 5.21. The van der Waals surface area contributed by atoms with Gasteiger partial charge in [-0.2, -0.15) is 0 Å². The molecule has 3 nitrogen and oxygen atoms in total. The molecule has 0 aliphatic carbocycles. The molecule has 0 amide bonds. The van der Waals surface area contributed by atoms with Crippen LogP contribution < -0.4 is 0 Å². The Balaban J connectivity index is 2.60. The lowest BCUT2D eigenvalue weighted by Crippen LogP contribution is -2.08. The van der Waals surface area contributed by atoms with Crippen molar-refractivity contribution in [3.8, 4) is 0 Å². The number of hydrogen-bond donors (Lipinski definition) is 1. The van der Waals surface area contributed by atoms with E-state index in [4.69, 9.17) is 16.7 Å². The van der Waals surface area contributed by atoms with Crippen LogP contribution in [0.1, 0.15) is 16.9 Å². The zero-order chi connectivity index (χ0) is 12.4. The molecule has 0 aliphatic rings. The molecule has 0 spiro atoms. The van der Waals surface area contributed by atoms with Crippen LogP contribution in [-0.2, 0) is 6.54 Å². The van der Waals surface area contributed by atoms with Crippen molar-refractivity contribution in [2.75, 3.05) is 5.33 Å². The predicted molar refractivity (Wildman–Crippen MR) is 72.3 cm³/mol. The van der Waals surface area contributed by atoms with Gasteiger partial charge in [0.1, 0.15) is 5.69 Å². The number of aryl methyl sites for hydroxylation is 1. The molecule has 17 heavy (non-hydrogen) atoms. The quantitative estimate of drug-likeness (QED) is 0.872. The van der Waals surface area contributed by atoms with E-state index in [0.29, 0.717) is 17.3 Å². The largest absolute Gasteiger partial charge is 0.477 e. The molecule has 0 unspecified atom stereocenters. The molecular weight excluding hydrogens is 305 g/mol. The molecule has 0 saturated heterocycles. The summed E-state index contributed by atoms with van der Waals surface area (Å²) in [6, 6.07) is 7.10. The predicted octanol–water partition coefficient (Wildman–Crippen LogP) is 3.78. The Kier molecular flexibility index (Phi) is 3.74. The minimum Gasteiger partial charge on any atom is -0.477 e. The van der Waals surface area contributed by atoms with Crippen molar-refractivity contribution in [3.05, 3.63) is 35.0 Å². The second kappa shape index (κ2) is 5.10. The summed E-state index contributed by atoms with van der Waals surface area (Å²) in [5.74, 6) is -0.910. The number of carbonyl (C=O) groups is 1. The summed E-state index contributed by atoms with van der Waals surface area (Å²) in [5, 5.41) is 11.5. The Bertz CT molecular complexity index is 565. The minimum atomic E-state index is -0.910. The number of aromatic carboxylic acids is 1. The van der Waals surface area contributed by atoms with Crippen LogP contribution in [0.5, 0.6) is 0 Å².